The van der Waals surface area contributed by atoms with Gasteiger partial charge in [-0.05, 0) is 69.1 Å². The number of fused-ring (bicyclic) bond motifs is 6. The monoisotopic (exact) mass is 841 g/mol. The Bertz CT molecular complexity index is 1630. The molecule has 3 fully saturated rings. The van der Waals surface area contributed by atoms with Crippen LogP contribution in [0.15, 0.2) is 54.1 Å². The van der Waals surface area contributed by atoms with E-state index in [2.05, 4.69) is 12.2 Å². The minimum atomic E-state index is -2.30. The van der Waals surface area contributed by atoms with E-state index in [9.17, 15) is 34.5 Å². The van der Waals surface area contributed by atoms with Crippen molar-refractivity contribution in [2.45, 2.75) is 184 Å². The molecule has 4 heterocycles. The lowest BCUT2D eigenvalue weighted by molar-refractivity contribution is -0.327. The van der Waals surface area contributed by atoms with E-state index in [1.165, 1.54) is 13.2 Å². The largest absolute Gasteiger partial charge is 0.466 e. The lowest BCUT2D eigenvalue weighted by Crippen LogP contribution is -2.62. The number of nitrogens with one attached hydrogen (secondary N) is 1. The van der Waals surface area contributed by atoms with Gasteiger partial charge in [-0.3, -0.25) is 14.4 Å². The van der Waals surface area contributed by atoms with Crippen LogP contribution in [0.4, 0.5) is 0 Å². The Morgan fingerprint density at radius 1 is 0.917 bits per heavy atom. The molecule has 4 aliphatic rings. The van der Waals surface area contributed by atoms with E-state index >= 15 is 0 Å². The average molecular weight is 842 g/mol. The number of ether oxygens (including phenoxy) is 6. The Balaban J connectivity index is 1.51. The summed E-state index contributed by atoms with van der Waals surface area (Å²) in [6, 6.07) is 8.72. The topological polar surface area (TPSA) is 196 Å². The van der Waals surface area contributed by atoms with Crippen LogP contribution in [0.2, 0.25) is 0 Å². The maximum atomic E-state index is 13.5. The number of aliphatic hydroxyl groups is 3. The van der Waals surface area contributed by atoms with E-state index in [1.807, 2.05) is 24.3 Å². The summed E-state index contributed by atoms with van der Waals surface area (Å²) < 4.78 is 36.3. The van der Waals surface area contributed by atoms with Crippen LogP contribution in [0.1, 0.15) is 134 Å². The first kappa shape index (κ1) is 47.4. The molecule has 1 unspecified atom stereocenters. The molecule has 60 heavy (non-hydrogen) atoms. The molecular weight excluding hydrogens is 774 g/mol. The zero-order chi connectivity index (χ0) is 43.3. The SMILES string of the molecule is CCCCCCCC(=O)O[C@H]1/C(=C/C(=O)OC)C[C@H]2C[C@H](CO)OC(=O)C[C@H](O)C[C@@H]3CCC[C@H](C[C@@H]4CC(NC(=O)c5ccccc5)C[C@H](/C=C\C(C)(C)[C@]1(O)O2)O4)O3. The van der Waals surface area contributed by atoms with Gasteiger partial charge in [0.05, 0.1) is 56.8 Å². The van der Waals surface area contributed by atoms with Crippen molar-refractivity contribution in [2.75, 3.05) is 13.7 Å². The van der Waals surface area contributed by atoms with E-state index in [-0.39, 0.29) is 67.9 Å². The molecule has 1 aromatic rings. The molecule has 3 saturated heterocycles. The van der Waals surface area contributed by atoms with Gasteiger partial charge in [-0.15, -0.1) is 0 Å². The second-order valence-electron chi connectivity index (χ2n) is 17.5. The molecule has 5 rings (SSSR count). The predicted octanol–water partition coefficient (Wildman–Crippen LogP) is 5.54. The summed E-state index contributed by atoms with van der Waals surface area (Å²) in [4.78, 5) is 52.8. The fraction of sp³-hybridized carbons (Fsp3) is 0.696. The molecule has 0 saturated carbocycles. The Kier molecular flexibility index (Phi) is 17.7. The summed E-state index contributed by atoms with van der Waals surface area (Å²) >= 11 is 0. The van der Waals surface area contributed by atoms with Gasteiger partial charge in [-0.2, -0.15) is 0 Å². The highest BCUT2D eigenvalue weighted by Gasteiger charge is 2.57. The third-order valence-electron chi connectivity index (χ3n) is 12.1. The van der Waals surface area contributed by atoms with Crippen LogP contribution in [-0.4, -0.2) is 114 Å². The van der Waals surface area contributed by atoms with Crippen LogP contribution in [0.25, 0.3) is 0 Å². The van der Waals surface area contributed by atoms with Gasteiger partial charge in [-0.25, -0.2) is 4.79 Å². The lowest BCUT2D eigenvalue weighted by atomic mass is 9.74. The average Bonchev–Trinajstić information content (AvgIpc) is 3.21. The highest BCUT2D eigenvalue weighted by Crippen LogP contribution is 2.47. The van der Waals surface area contributed by atoms with E-state index in [0.29, 0.717) is 31.2 Å². The van der Waals surface area contributed by atoms with Gasteiger partial charge in [0.1, 0.15) is 6.10 Å². The predicted molar refractivity (Wildman–Crippen MR) is 220 cm³/mol. The first-order chi connectivity index (χ1) is 28.7. The zero-order valence-electron chi connectivity index (χ0n) is 35.8. The fourth-order valence-electron chi connectivity index (χ4n) is 8.82. The van der Waals surface area contributed by atoms with Crippen LogP contribution in [0, 0.1) is 5.41 Å². The van der Waals surface area contributed by atoms with Crippen molar-refractivity contribution in [2.24, 2.45) is 5.41 Å². The van der Waals surface area contributed by atoms with E-state index < -0.39 is 66.2 Å². The molecule has 4 aliphatic heterocycles. The molecular formula is C46H67NO13. The molecule has 4 N–H and O–H groups in total. The molecule has 0 aromatic heterocycles. The number of hydrogen-bond acceptors (Lipinski definition) is 13. The first-order valence-corrected chi connectivity index (χ1v) is 21.9. The third kappa shape index (κ3) is 13.4. The molecule has 1 aromatic carbocycles. The molecule has 14 heteroatoms. The molecule has 0 aliphatic carbocycles. The summed E-state index contributed by atoms with van der Waals surface area (Å²) in [5, 5.41) is 37.4. The van der Waals surface area contributed by atoms with Crippen LogP contribution >= 0.6 is 0 Å². The van der Waals surface area contributed by atoms with Gasteiger partial charge in [0, 0.05) is 42.4 Å². The van der Waals surface area contributed by atoms with Gasteiger partial charge < -0.3 is 49.1 Å². The highest BCUT2D eigenvalue weighted by atomic mass is 16.7. The Hall–Kier alpha value is -3.66. The summed E-state index contributed by atoms with van der Waals surface area (Å²) in [5.41, 5.74) is -0.580. The van der Waals surface area contributed by atoms with E-state index in [4.69, 9.17) is 28.4 Å². The fourth-order valence-corrected chi connectivity index (χ4v) is 8.82. The van der Waals surface area contributed by atoms with Crippen molar-refractivity contribution >= 4 is 23.8 Å². The molecule has 334 valence electrons. The minimum absolute atomic E-state index is 0.0290. The quantitative estimate of drug-likeness (QED) is 0.0714. The number of unbranched alkanes of at least 4 members (excludes halogenated alkanes) is 4. The number of rotatable bonds is 11. The maximum Gasteiger partial charge on any atom is 0.330 e. The number of esters is 3. The highest BCUT2D eigenvalue weighted by molar-refractivity contribution is 5.94. The van der Waals surface area contributed by atoms with Crippen molar-refractivity contribution in [3.05, 3.63) is 59.7 Å². The zero-order valence-corrected chi connectivity index (χ0v) is 35.8. The van der Waals surface area contributed by atoms with Crippen molar-refractivity contribution in [1.29, 1.82) is 0 Å². The van der Waals surface area contributed by atoms with Gasteiger partial charge in [0.25, 0.3) is 5.91 Å². The van der Waals surface area contributed by atoms with Crippen molar-refractivity contribution in [1.82, 2.24) is 5.32 Å². The maximum absolute atomic E-state index is 13.5. The van der Waals surface area contributed by atoms with Crippen LogP contribution < -0.4 is 5.32 Å². The molecule has 1 amide bonds. The number of cyclic esters (lactones) is 1. The van der Waals surface area contributed by atoms with Crippen molar-refractivity contribution in [3.63, 3.8) is 0 Å². The summed E-state index contributed by atoms with van der Waals surface area (Å²) in [6.45, 7) is 4.96. The normalized spacial score (nSPS) is 33.8. The van der Waals surface area contributed by atoms with Gasteiger partial charge >= 0.3 is 17.9 Å². The number of benzene rings is 1. The minimum Gasteiger partial charge on any atom is -0.466 e. The summed E-state index contributed by atoms with van der Waals surface area (Å²) in [6.07, 6.45) is 7.12. The van der Waals surface area contributed by atoms with E-state index in [1.54, 1.807) is 32.1 Å². The van der Waals surface area contributed by atoms with Gasteiger partial charge in [0.2, 0.25) is 5.79 Å². The number of amides is 1. The molecule has 6 bridgehead atoms. The van der Waals surface area contributed by atoms with Gasteiger partial charge in [0.15, 0.2) is 6.10 Å². The number of aliphatic hydroxyl groups excluding tert-OH is 2. The molecule has 14 nitrogen and oxygen atoms in total. The number of carbonyl (C=O) groups is 4. The van der Waals surface area contributed by atoms with Crippen LogP contribution in [-0.2, 0) is 42.8 Å². The number of methoxy groups -OCH3 is 1. The van der Waals surface area contributed by atoms with Crippen LogP contribution in [0.3, 0.4) is 0 Å². The summed E-state index contributed by atoms with van der Waals surface area (Å²) in [5.74, 6) is -4.53. The lowest BCUT2D eigenvalue weighted by Gasteiger charge is -2.51. The first-order valence-electron chi connectivity index (χ1n) is 21.9. The second kappa shape index (κ2) is 22.4. The summed E-state index contributed by atoms with van der Waals surface area (Å²) in [7, 11) is 1.22. The number of hydrogen-bond donors (Lipinski definition) is 4. The van der Waals surface area contributed by atoms with E-state index in [0.717, 1.165) is 44.9 Å². The third-order valence-corrected chi connectivity index (χ3v) is 12.1. The second-order valence-corrected chi connectivity index (χ2v) is 17.5. The van der Waals surface area contributed by atoms with Crippen molar-refractivity contribution in [3.8, 4) is 0 Å². The Labute approximate surface area is 354 Å². The van der Waals surface area contributed by atoms with Crippen LogP contribution in [0.5, 0.6) is 0 Å². The van der Waals surface area contributed by atoms with Crippen molar-refractivity contribution < 1.29 is 62.9 Å². The smallest absolute Gasteiger partial charge is 0.330 e. The molecule has 10 atom stereocenters. The standard InChI is InChI=1S/C46H67NO13/c1-5-6-7-8-12-18-40(50)59-43-31(22-41(51)55-4)21-38-28-39(29-48)58-42(52)26-33(49)25-34-16-13-17-35(56-34)27-37-24-32(47-44(53)30-14-10-9-11-15-30)23-36(57-37)19-20-45(2,3)46(43,54)60-38/h9-11,14-15,19-20,22,32-39,43,48-49,54H,5-8,12-13,16-18,21,23-29H2,1-4H3,(H,47,53)/b20-19-,31-22+/t32?,33-,34+,35-,36+,37+,38+,39-,43+,46-/m1/s1. The Morgan fingerprint density at radius 3 is 2.37 bits per heavy atom. The number of carbonyl (C=O) groups excluding carboxylic acids is 4. The molecule has 0 radical (unpaired) electrons. The van der Waals surface area contributed by atoms with Gasteiger partial charge in [-0.1, -0.05) is 76.8 Å². The molecule has 0 spiro atoms. The Morgan fingerprint density at radius 2 is 1.65 bits per heavy atom.